The second-order valence-electron chi connectivity index (χ2n) is 14.1. The Morgan fingerprint density at radius 3 is 1.44 bits per heavy atom. The molecular weight excluding hydrogens is 660 g/mol. The maximum atomic E-state index is 6.64. The van der Waals surface area contributed by atoms with E-state index in [4.69, 9.17) is 14.7 Å². The molecule has 0 radical (unpaired) electrons. The third kappa shape index (κ3) is 4.02. The van der Waals surface area contributed by atoms with Gasteiger partial charge in [0.05, 0.1) is 11.2 Å². The molecule has 0 unspecified atom stereocenters. The van der Waals surface area contributed by atoms with Gasteiger partial charge in [-0.05, 0) is 94.6 Å². The number of hydrogen-bond donors (Lipinski definition) is 0. The highest BCUT2D eigenvalue weighted by molar-refractivity contribution is 7.01. The van der Waals surface area contributed by atoms with E-state index in [1.807, 2.05) is 6.07 Å². The van der Waals surface area contributed by atoms with Gasteiger partial charge in [0.2, 0.25) is 0 Å². The van der Waals surface area contributed by atoms with Crippen LogP contribution >= 0.6 is 0 Å². The molecule has 0 aliphatic carbocycles. The summed E-state index contributed by atoms with van der Waals surface area (Å²) in [5.74, 6) is 3.36. The molecule has 8 aromatic rings. The van der Waals surface area contributed by atoms with E-state index in [0.29, 0.717) is 0 Å². The van der Waals surface area contributed by atoms with Gasteiger partial charge in [0.25, 0.3) is 13.4 Å². The number of benzene rings is 7. The van der Waals surface area contributed by atoms with Crippen LogP contribution < -0.4 is 52.5 Å². The van der Waals surface area contributed by atoms with Crippen molar-refractivity contribution in [1.82, 2.24) is 9.97 Å². The molecule has 0 atom stereocenters. The number of nitrogens with zero attached hydrogens (tertiary/aromatic N) is 5. The number of hydrogen-bond acceptors (Lipinski definition) is 6. The van der Waals surface area contributed by atoms with Gasteiger partial charge in [0.1, 0.15) is 11.5 Å². The molecule has 12 rings (SSSR count). The molecule has 0 bridgehead atoms. The van der Waals surface area contributed by atoms with Crippen molar-refractivity contribution in [2.24, 2.45) is 0 Å². The van der Waals surface area contributed by atoms with Crippen molar-refractivity contribution in [2.45, 2.75) is 0 Å². The highest BCUT2D eigenvalue weighted by Gasteiger charge is 2.49. The van der Waals surface area contributed by atoms with E-state index < -0.39 is 0 Å². The van der Waals surface area contributed by atoms with Crippen molar-refractivity contribution in [3.8, 4) is 11.5 Å². The molecule has 6 nitrogen and oxygen atoms in total. The Morgan fingerprint density at radius 1 is 0.352 bits per heavy atom. The lowest BCUT2D eigenvalue weighted by molar-refractivity contribution is 0.487. The Labute approximate surface area is 313 Å². The van der Waals surface area contributed by atoms with Crippen molar-refractivity contribution in [1.29, 1.82) is 0 Å². The molecule has 0 saturated carbocycles. The maximum Gasteiger partial charge on any atom is 0.281 e. The van der Waals surface area contributed by atoms with Crippen molar-refractivity contribution >= 4 is 97.9 Å². The van der Waals surface area contributed by atoms with Gasteiger partial charge in [-0.1, -0.05) is 103 Å². The molecule has 1 aromatic heterocycles. The number of aromatic nitrogens is 2. The normalized spacial score (nSPS) is 13.9. The van der Waals surface area contributed by atoms with Crippen LogP contribution in [-0.4, -0.2) is 23.4 Å². The van der Waals surface area contributed by atoms with E-state index in [0.717, 1.165) is 85.1 Å². The highest BCUT2D eigenvalue weighted by atomic mass is 16.5. The van der Waals surface area contributed by atoms with Crippen LogP contribution in [0.2, 0.25) is 0 Å². The smallest absolute Gasteiger partial charge is 0.281 e. The summed E-state index contributed by atoms with van der Waals surface area (Å²) in [6.07, 6.45) is 0. The standard InChI is InChI=1S/C46H29B2N5O/c1-4-16-30(17-5-1)51-35-24-12-10-22-33(35)47-41-36(51)25-14-26-37(41)52(31-18-6-2-7-19-31)45-43(47)49-44-46(50-45)53(32-20-8-3-9-21-32)38-27-15-29-40-42(38)48(44)34-23-11-13-28-39(34)54-40/h1-29H. The summed E-state index contributed by atoms with van der Waals surface area (Å²) in [6.45, 7) is -0.326. The predicted octanol–water partition coefficient (Wildman–Crippen LogP) is 6.96. The van der Waals surface area contributed by atoms with Gasteiger partial charge < -0.3 is 9.64 Å². The molecule has 250 valence electrons. The zero-order chi connectivity index (χ0) is 35.3. The molecule has 4 aliphatic rings. The van der Waals surface area contributed by atoms with Gasteiger partial charge in [-0.25, -0.2) is 4.98 Å². The summed E-state index contributed by atoms with van der Waals surface area (Å²) >= 11 is 0. The molecule has 8 heteroatoms. The fourth-order valence-corrected chi connectivity index (χ4v) is 9.13. The minimum atomic E-state index is -0.171. The summed E-state index contributed by atoms with van der Waals surface area (Å²) in [5, 5.41) is 0. The van der Waals surface area contributed by atoms with Crippen LogP contribution in [0.4, 0.5) is 51.4 Å². The van der Waals surface area contributed by atoms with E-state index >= 15 is 0 Å². The SMILES string of the molecule is c1ccc(N2c3ccccc3B3c4nc5c(nc4N(c4ccccc4)c4cccc2c43)N(c2ccccc2)c2cccc3c2B5c2ccccc2O3)cc1. The predicted molar refractivity (Wildman–Crippen MR) is 222 cm³/mol. The van der Waals surface area contributed by atoms with Gasteiger partial charge in [0.15, 0.2) is 11.6 Å². The molecular formula is C46H29B2N5O. The Balaban J connectivity index is 1.20. The zero-order valence-corrected chi connectivity index (χ0v) is 29.0. The summed E-state index contributed by atoms with van der Waals surface area (Å²) in [5.41, 5.74) is 14.1. The summed E-state index contributed by atoms with van der Waals surface area (Å²) in [6, 6.07) is 62.0. The topological polar surface area (TPSA) is 44.7 Å². The van der Waals surface area contributed by atoms with Crippen LogP contribution in [0.1, 0.15) is 0 Å². The van der Waals surface area contributed by atoms with Crippen LogP contribution in [0.25, 0.3) is 0 Å². The first-order valence-corrected chi connectivity index (χ1v) is 18.4. The van der Waals surface area contributed by atoms with Crippen LogP contribution in [-0.2, 0) is 0 Å². The molecule has 4 aliphatic heterocycles. The van der Waals surface area contributed by atoms with E-state index in [9.17, 15) is 0 Å². The molecule has 0 fully saturated rings. The largest absolute Gasteiger partial charge is 0.458 e. The van der Waals surface area contributed by atoms with Gasteiger partial charge >= 0.3 is 0 Å². The van der Waals surface area contributed by atoms with Crippen molar-refractivity contribution in [3.63, 3.8) is 0 Å². The van der Waals surface area contributed by atoms with Crippen LogP contribution in [0.15, 0.2) is 176 Å². The van der Waals surface area contributed by atoms with E-state index in [1.165, 1.54) is 10.9 Å². The lowest BCUT2D eigenvalue weighted by Crippen LogP contribution is -2.67. The molecule has 54 heavy (non-hydrogen) atoms. The lowest BCUT2D eigenvalue weighted by atomic mass is 9.33. The average Bonchev–Trinajstić information content (AvgIpc) is 3.24. The first-order valence-electron chi connectivity index (χ1n) is 18.4. The third-order valence-electron chi connectivity index (χ3n) is 11.3. The number of anilines is 9. The lowest BCUT2D eigenvalue weighted by Gasteiger charge is -2.44. The summed E-state index contributed by atoms with van der Waals surface area (Å²) < 4.78 is 6.64. The average molecular weight is 689 g/mol. The summed E-state index contributed by atoms with van der Waals surface area (Å²) in [4.78, 5) is 18.8. The second kappa shape index (κ2) is 11.2. The minimum absolute atomic E-state index is 0.156. The minimum Gasteiger partial charge on any atom is -0.458 e. The molecule has 0 amide bonds. The second-order valence-corrected chi connectivity index (χ2v) is 14.1. The van der Waals surface area contributed by atoms with Crippen molar-refractivity contribution in [3.05, 3.63) is 176 Å². The molecule has 0 N–H and O–H groups in total. The van der Waals surface area contributed by atoms with E-state index in [-0.39, 0.29) is 13.4 Å². The number of fused-ring (bicyclic) bond motifs is 8. The van der Waals surface area contributed by atoms with Crippen LogP contribution in [0.3, 0.4) is 0 Å². The number of para-hydroxylation sites is 5. The van der Waals surface area contributed by atoms with Gasteiger partial charge in [-0.15, -0.1) is 0 Å². The van der Waals surface area contributed by atoms with Gasteiger partial charge in [-0.3, -0.25) is 14.8 Å². The van der Waals surface area contributed by atoms with Gasteiger partial charge in [-0.2, -0.15) is 0 Å². The van der Waals surface area contributed by atoms with Gasteiger partial charge in [0, 0.05) is 39.8 Å². The van der Waals surface area contributed by atoms with Crippen LogP contribution in [0.5, 0.6) is 11.5 Å². The maximum absolute atomic E-state index is 6.64. The quantitative estimate of drug-likeness (QED) is 0.187. The first kappa shape index (κ1) is 29.5. The Hall–Kier alpha value is -7.05. The molecule has 0 spiro atoms. The summed E-state index contributed by atoms with van der Waals surface area (Å²) in [7, 11) is 0. The molecule has 5 heterocycles. The monoisotopic (exact) mass is 689 g/mol. The highest BCUT2D eigenvalue weighted by Crippen LogP contribution is 2.45. The van der Waals surface area contributed by atoms with E-state index in [1.54, 1.807) is 0 Å². The fraction of sp³-hybridized carbons (Fsp3) is 0. The Kier molecular flexibility index (Phi) is 6.14. The van der Waals surface area contributed by atoms with E-state index in [2.05, 4.69) is 185 Å². The van der Waals surface area contributed by atoms with Crippen LogP contribution in [0, 0.1) is 0 Å². The first-order chi connectivity index (χ1) is 26.8. The molecule has 7 aromatic carbocycles. The fourth-order valence-electron chi connectivity index (χ4n) is 9.13. The number of rotatable bonds is 3. The Bertz CT molecular complexity index is 2800. The number of ether oxygens (including phenoxy) is 1. The van der Waals surface area contributed by atoms with Crippen molar-refractivity contribution < 1.29 is 4.74 Å². The molecule has 0 saturated heterocycles. The zero-order valence-electron chi connectivity index (χ0n) is 29.0. The Morgan fingerprint density at radius 2 is 0.796 bits per heavy atom. The third-order valence-corrected chi connectivity index (χ3v) is 11.3. The van der Waals surface area contributed by atoms with Crippen molar-refractivity contribution in [2.75, 3.05) is 14.7 Å².